The lowest BCUT2D eigenvalue weighted by Gasteiger charge is -2.34. The van der Waals surface area contributed by atoms with Crippen LogP contribution in [0.25, 0.3) is 0 Å². The van der Waals surface area contributed by atoms with Crippen LogP contribution in [0.1, 0.15) is 12.0 Å². The number of benzene rings is 2. The van der Waals surface area contributed by atoms with Gasteiger partial charge in [-0.15, -0.1) is 0 Å². The van der Waals surface area contributed by atoms with Gasteiger partial charge in [-0.05, 0) is 24.1 Å². The van der Waals surface area contributed by atoms with Crippen LogP contribution >= 0.6 is 0 Å². The van der Waals surface area contributed by atoms with Gasteiger partial charge in [-0.1, -0.05) is 30.3 Å². The highest BCUT2D eigenvalue weighted by molar-refractivity contribution is 7.89. The molecule has 178 valence electrons. The highest BCUT2D eigenvalue weighted by atomic mass is 32.2. The van der Waals surface area contributed by atoms with E-state index in [-0.39, 0.29) is 30.3 Å². The van der Waals surface area contributed by atoms with E-state index in [0.717, 1.165) is 5.56 Å². The van der Waals surface area contributed by atoms with E-state index in [9.17, 15) is 18.0 Å². The van der Waals surface area contributed by atoms with Crippen LogP contribution in [-0.2, 0) is 30.9 Å². The minimum absolute atomic E-state index is 0.00239. The first-order valence-corrected chi connectivity index (χ1v) is 11.8. The molecular formula is C22H27N3O7S. The number of nitrogens with one attached hydrogen (secondary N) is 2. The molecule has 1 fully saturated rings. The Labute approximate surface area is 192 Å². The fourth-order valence-electron chi connectivity index (χ4n) is 3.33. The van der Waals surface area contributed by atoms with Crippen molar-refractivity contribution in [2.45, 2.75) is 24.1 Å². The fraction of sp³-hybridized carbons (Fsp3) is 0.364. The number of hydrogen-bond acceptors (Lipinski definition) is 7. The second kappa shape index (κ2) is 11.1. The maximum atomic E-state index is 13.3. The molecule has 0 radical (unpaired) electrons. The van der Waals surface area contributed by atoms with Crippen LogP contribution in [0.5, 0.6) is 11.5 Å². The number of ether oxygens (including phenoxy) is 3. The average molecular weight is 478 g/mol. The first kappa shape index (κ1) is 24.5. The van der Waals surface area contributed by atoms with Gasteiger partial charge >= 0.3 is 11.8 Å². The molecule has 33 heavy (non-hydrogen) atoms. The van der Waals surface area contributed by atoms with Crippen LogP contribution in [0.3, 0.4) is 0 Å². The monoisotopic (exact) mass is 477 g/mol. The number of nitrogens with zero attached hydrogens (tertiary/aromatic N) is 1. The van der Waals surface area contributed by atoms with Crippen LogP contribution in [-0.4, -0.2) is 64.7 Å². The van der Waals surface area contributed by atoms with Crippen LogP contribution in [0, 0.1) is 0 Å². The molecule has 1 saturated heterocycles. The number of methoxy groups -OCH3 is 2. The van der Waals surface area contributed by atoms with Crippen molar-refractivity contribution in [1.82, 2.24) is 14.9 Å². The van der Waals surface area contributed by atoms with Gasteiger partial charge in [-0.2, -0.15) is 4.31 Å². The lowest BCUT2D eigenvalue weighted by Crippen LogP contribution is -2.53. The van der Waals surface area contributed by atoms with Gasteiger partial charge in [0.2, 0.25) is 10.0 Å². The Kier molecular flexibility index (Phi) is 8.26. The van der Waals surface area contributed by atoms with Gasteiger partial charge in [-0.3, -0.25) is 9.59 Å². The molecule has 0 bridgehead atoms. The quantitative estimate of drug-likeness (QED) is 0.541. The standard InChI is InChI=1S/C22H27N3O7S/c1-30-18-10-9-17(13-19(18)31-2)33(28,29)25-11-6-12-32-20(25)15-24-22(27)21(26)23-14-16-7-4-3-5-8-16/h3-5,7-10,13,20H,6,11-12,14-15H2,1-2H3,(H,23,26)(H,24,27)/t20-/m1/s1. The number of sulfonamides is 1. The van der Waals surface area contributed by atoms with Gasteiger partial charge in [0.1, 0.15) is 6.23 Å². The van der Waals surface area contributed by atoms with Crippen molar-refractivity contribution in [2.75, 3.05) is 33.9 Å². The minimum atomic E-state index is -3.96. The van der Waals surface area contributed by atoms with Crippen molar-refractivity contribution < 1.29 is 32.2 Å². The molecule has 0 aromatic heterocycles. The van der Waals surface area contributed by atoms with E-state index in [1.54, 1.807) is 0 Å². The van der Waals surface area contributed by atoms with Crippen molar-refractivity contribution in [3.05, 3.63) is 54.1 Å². The first-order chi connectivity index (χ1) is 15.9. The molecule has 2 aromatic carbocycles. The third kappa shape index (κ3) is 6.01. The van der Waals surface area contributed by atoms with E-state index in [0.29, 0.717) is 18.8 Å². The molecule has 3 rings (SSSR count). The Morgan fingerprint density at radius 2 is 1.73 bits per heavy atom. The summed E-state index contributed by atoms with van der Waals surface area (Å²) in [5.74, 6) is -1.01. The van der Waals surface area contributed by atoms with E-state index in [1.165, 1.54) is 36.7 Å². The van der Waals surface area contributed by atoms with Crippen LogP contribution < -0.4 is 20.1 Å². The van der Waals surface area contributed by atoms with Crippen LogP contribution in [0.2, 0.25) is 0 Å². The zero-order valence-corrected chi connectivity index (χ0v) is 19.3. The zero-order chi connectivity index (χ0) is 23.8. The largest absolute Gasteiger partial charge is 0.493 e. The Balaban J connectivity index is 1.65. The number of carbonyl (C=O) groups is 2. The third-order valence-electron chi connectivity index (χ3n) is 5.06. The van der Waals surface area contributed by atoms with E-state index in [1.807, 2.05) is 30.3 Å². The van der Waals surface area contributed by atoms with Crippen molar-refractivity contribution in [1.29, 1.82) is 0 Å². The molecule has 0 spiro atoms. The summed E-state index contributed by atoms with van der Waals surface area (Å²) in [6.07, 6.45) is -0.461. The molecule has 2 amide bonds. The smallest absolute Gasteiger partial charge is 0.309 e. The molecule has 0 saturated carbocycles. The summed E-state index contributed by atoms with van der Waals surface area (Å²) in [5.41, 5.74) is 0.849. The van der Waals surface area contributed by atoms with Gasteiger partial charge in [-0.25, -0.2) is 8.42 Å². The Morgan fingerprint density at radius 1 is 1.03 bits per heavy atom. The van der Waals surface area contributed by atoms with Crippen molar-refractivity contribution in [3.8, 4) is 11.5 Å². The molecular weight excluding hydrogens is 450 g/mol. The highest BCUT2D eigenvalue weighted by Gasteiger charge is 2.35. The second-order valence-electron chi connectivity index (χ2n) is 7.19. The van der Waals surface area contributed by atoms with Crippen molar-refractivity contribution in [3.63, 3.8) is 0 Å². The minimum Gasteiger partial charge on any atom is -0.493 e. The molecule has 2 aromatic rings. The first-order valence-electron chi connectivity index (χ1n) is 10.3. The number of carbonyl (C=O) groups excluding carboxylic acids is 2. The molecule has 1 aliphatic rings. The maximum Gasteiger partial charge on any atom is 0.309 e. The summed E-state index contributed by atoms with van der Waals surface area (Å²) in [7, 11) is -1.09. The fourth-order valence-corrected chi connectivity index (χ4v) is 4.91. The molecule has 2 N–H and O–H groups in total. The molecule has 11 heteroatoms. The Bertz CT molecular complexity index is 1080. The summed E-state index contributed by atoms with van der Waals surface area (Å²) in [5, 5.41) is 4.98. The zero-order valence-electron chi connectivity index (χ0n) is 18.4. The van der Waals surface area contributed by atoms with E-state index < -0.39 is 28.1 Å². The van der Waals surface area contributed by atoms with Gasteiger partial charge in [0, 0.05) is 19.2 Å². The molecule has 1 heterocycles. The predicted molar refractivity (Wildman–Crippen MR) is 119 cm³/mol. The number of hydrogen-bond donors (Lipinski definition) is 2. The lowest BCUT2D eigenvalue weighted by molar-refractivity contribution is -0.140. The second-order valence-corrected chi connectivity index (χ2v) is 9.08. The summed E-state index contributed by atoms with van der Waals surface area (Å²) in [6, 6.07) is 13.4. The normalized spacial score (nSPS) is 16.6. The highest BCUT2D eigenvalue weighted by Crippen LogP contribution is 2.31. The van der Waals surface area contributed by atoms with E-state index >= 15 is 0 Å². The predicted octanol–water partition coefficient (Wildman–Crippen LogP) is 0.874. The lowest BCUT2D eigenvalue weighted by atomic mass is 10.2. The molecule has 1 atom stereocenters. The molecule has 1 aliphatic heterocycles. The summed E-state index contributed by atoms with van der Waals surface area (Å²) in [6.45, 7) is 0.563. The topological polar surface area (TPSA) is 123 Å². The third-order valence-corrected chi connectivity index (χ3v) is 6.94. The number of rotatable bonds is 8. The summed E-state index contributed by atoms with van der Waals surface area (Å²) in [4.78, 5) is 24.3. The average Bonchev–Trinajstić information content (AvgIpc) is 2.86. The number of amides is 2. The SMILES string of the molecule is COc1ccc(S(=O)(=O)N2CCCO[C@@H]2CNC(=O)C(=O)NCc2ccccc2)cc1OC. The summed E-state index contributed by atoms with van der Waals surface area (Å²) >= 11 is 0. The Morgan fingerprint density at radius 3 is 2.42 bits per heavy atom. The van der Waals surface area contributed by atoms with Gasteiger partial charge in [0.15, 0.2) is 11.5 Å². The van der Waals surface area contributed by atoms with E-state index in [2.05, 4.69) is 10.6 Å². The van der Waals surface area contributed by atoms with Gasteiger partial charge < -0.3 is 24.8 Å². The van der Waals surface area contributed by atoms with Gasteiger partial charge in [0.05, 0.1) is 32.3 Å². The van der Waals surface area contributed by atoms with Crippen LogP contribution in [0.4, 0.5) is 0 Å². The summed E-state index contributed by atoms with van der Waals surface area (Å²) < 4.78 is 43.7. The molecule has 10 nitrogen and oxygen atoms in total. The maximum absolute atomic E-state index is 13.3. The van der Waals surface area contributed by atoms with Crippen molar-refractivity contribution in [2.24, 2.45) is 0 Å². The molecule has 0 unspecified atom stereocenters. The molecule has 0 aliphatic carbocycles. The van der Waals surface area contributed by atoms with E-state index in [4.69, 9.17) is 14.2 Å². The van der Waals surface area contributed by atoms with Crippen molar-refractivity contribution >= 4 is 21.8 Å². The van der Waals surface area contributed by atoms with Gasteiger partial charge in [0.25, 0.3) is 0 Å². The van der Waals surface area contributed by atoms with Crippen LogP contribution in [0.15, 0.2) is 53.4 Å². The Hall–Kier alpha value is -3.15.